The number of aromatic nitrogens is 2. The topological polar surface area (TPSA) is 48.6 Å². The Bertz CT molecular complexity index is 888. The summed E-state index contributed by atoms with van der Waals surface area (Å²) >= 11 is 19.5. The molecule has 2 N–H and O–H groups in total. The molecule has 0 aliphatic rings. The van der Waals surface area contributed by atoms with Crippen LogP contribution in [0.3, 0.4) is 0 Å². The van der Waals surface area contributed by atoms with Gasteiger partial charge in [-0.1, -0.05) is 33.6 Å². The minimum Gasteiger partial charge on any atom is -0.306 e. The van der Waals surface area contributed by atoms with Crippen LogP contribution in [0.5, 0.6) is 0 Å². The van der Waals surface area contributed by atoms with Gasteiger partial charge in [-0.25, -0.2) is 4.79 Å². The Kier molecular flexibility index (Phi) is 4.19. The lowest BCUT2D eigenvalue weighted by Gasteiger charge is -2.13. The van der Waals surface area contributed by atoms with Gasteiger partial charge in [0.15, 0.2) is 0 Å². The van der Waals surface area contributed by atoms with Crippen molar-refractivity contribution in [2.75, 3.05) is 0 Å². The van der Waals surface area contributed by atoms with Gasteiger partial charge in [0.2, 0.25) is 0 Å². The summed E-state index contributed by atoms with van der Waals surface area (Å²) in [5, 5.41) is 0.267. The highest BCUT2D eigenvalue weighted by atomic mass is 79.9. The minimum absolute atomic E-state index is 0.241. The predicted molar refractivity (Wildman–Crippen MR) is 93.5 cm³/mol. The molecule has 2 aromatic carbocycles. The second kappa shape index (κ2) is 5.80. The molecule has 108 valence electrons. The van der Waals surface area contributed by atoms with Crippen LogP contribution in [0.1, 0.15) is 16.5 Å². The van der Waals surface area contributed by atoms with Gasteiger partial charge >= 0.3 is 5.69 Å². The molecule has 0 bridgehead atoms. The quantitative estimate of drug-likeness (QED) is 0.507. The van der Waals surface area contributed by atoms with Gasteiger partial charge < -0.3 is 9.97 Å². The molecule has 0 spiro atoms. The van der Waals surface area contributed by atoms with Crippen molar-refractivity contribution in [2.24, 2.45) is 0 Å². The first-order valence-electron chi connectivity index (χ1n) is 5.96. The Hall–Kier alpha value is -0.750. The van der Waals surface area contributed by atoms with Crippen molar-refractivity contribution in [3.8, 4) is 0 Å². The van der Waals surface area contributed by atoms with Gasteiger partial charge in [-0.15, -0.1) is 11.6 Å². The second-order valence-corrected chi connectivity index (χ2v) is 7.09. The number of nitrogens with one attached hydrogen (secondary N) is 2. The first kappa shape index (κ1) is 15.2. The van der Waals surface area contributed by atoms with E-state index in [1.54, 1.807) is 6.07 Å². The molecular formula is C14H8Br2Cl2N2O. The monoisotopic (exact) mass is 448 g/mol. The number of benzene rings is 2. The van der Waals surface area contributed by atoms with E-state index in [-0.39, 0.29) is 11.1 Å². The van der Waals surface area contributed by atoms with E-state index in [1.165, 1.54) is 0 Å². The average Bonchev–Trinajstić information content (AvgIpc) is 2.79. The van der Waals surface area contributed by atoms with Crippen LogP contribution in [0.4, 0.5) is 0 Å². The maximum atomic E-state index is 11.4. The molecule has 0 saturated carbocycles. The first-order chi connectivity index (χ1) is 9.95. The number of imidazole rings is 1. The summed E-state index contributed by atoms with van der Waals surface area (Å²) in [4.78, 5) is 16.8. The molecule has 1 heterocycles. The highest BCUT2D eigenvalue weighted by Crippen LogP contribution is 2.37. The van der Waals surface area contributed by atoms with Crippen LogP contribution < -0.4 is 5.69 Å². The second-order valence-electron chi connectivity index (χ2n) is 4.53. The van der Waals surface area contributed by atoms with Crippen molar-refractivity contribution in [3.63, 3.8) is 0 Å². The Morgan fingerprint density at radius 2 is 1.67 bits per heavy atom. The summed E-state index contributed by atoms with van der Waals surface area (Å²) in [6.45, 7) is 0. The van der Waals surface area contributed by atoms with Gasteiger partial charge in [-0.2, -0.15) is 0 Å². The van der Waals surface area contributed by atoms with E-state index >= 15 is 0 Å². The first-order valence-corrected chi connectivity index (χ1v) is 8.36. The molecule has 1 aromatic heterocycles. The Morgan fingerprint density at radius 1 is 1.00 bits per heavy atom. The molecule has 7 heteroatoms. The lowest BCUT2D eigenvalue weighted by Crippen LogP contribution is -1.99. The summed E-state index contributed by atoms with van der Waals surface area (Å²) in [6, 6.07) is 9.25. The summed E-state index contributed by atoms with van der Waals surface area (Å²) in [7, 11) is 0. The van der Waals surface area contributed by atoms with Crippen molar-refractivity contribution in [3.05, 3.63) is 65.9 Å². The van der Waals surface area contributed by atoms with Gasteiger partial charge in [-0.3, -0.25) is 0 Å². The molecule has 1 atom stereocenters. The van der Waals surface area contributed by atoms with E-state index < -0.39 is 0 Å². The summed E-state index contributed by atoms with van der Waals surface area (Å²) < 4.78 is 1.62. The maximum Gasteiger partial charge on any atom is 0.323 e. The van der Waals surface area contributed by atoms with Crippen LogP contribution in [0.25, 0.3) is 11.0 Å². The standard InChI is InChI=1S/C14H8Br2Cl2N2O/c15-8-5-12-11(19-14(21)20-12)4-7(8)13(18)6-1-2-10(17)9(16)3-6/h1-5,13H,(H2,19,20,21). The third-order valence-corrected chi connectivity index (χ3v) is 5.53. The zero-order chi connectivity index (χ0) is 15.1. The lowest BCUT2D eigenvalue weighted by molar-refractivity contribution is 1.13. The molecule has 0 amide bonds. The molecule has 3 aromatic rings. The van der Waals surface area contributed by atoms with Crippen molar-refractivity contribution < 1.29 is 0 Å². The highest BCUT2D eigenvalue weighted by Gasteiger charge is 2.17. The zero-order valence-electron chi connectivity index (χ0n) is 10.4. The van der Waals surface area contributed by atoms with Crippen molar-refractivity contribution in [2.45, 2.75) is 5.38 Å². The third kappa shape index (κ3) is 2.93. The summed E-state index contributed by atoms with van der Waals surface area (Å²) in [5.41, 5.74) is 2.99. The number of aromatic amines is 2. The van der Waals surface area contributed by atoms with E-state index in [4.69, 9.17) is 23.2 Å². The molecule has 21 heavy (non-hydrogen) atoms. The molecule has 0 aliphatic heterocycles. The minimum atomic E-state index is -0.365. The van der Waals surface area contributed by atoms with E-state index in [1.807, 2.05) is 24.3 Å². The van der Waals surface area contributed by atoms with Crippen molar-refractivity contribution in [1.29, 1.82) is 0 Å². The molecule has 0 radical (unpaired) electrons. The largest absolute Gasteiger partial charge is 0.323 e. The molecule has 0 saturated heterocycles. The van der Waals surface area contributed by atoms with Crippen LogP contribution in [0.2, 0.25) is 5.02 Å². The number of rotatable bonds is 2. The normalized spacial score (nSPS) is 12.8. The van der Waals surface area contributed by atoms with E-state index in [9.17, 15) is 4.79 Å². The van der Waals surface area contributed by atoms with E-state index in [2.05, 4.69) is 41.8 Å². The van der Waals surface area contributed by atoms with Crippen LogP contribution in [0.15, 0.2) is 44.1 Å². The van der Waals surface area contributed by atoms with Gasteiger partial charge in [0.25, 0.3) is 0 Å². The van der Waals surface area contributed by atoms with Crippen LogP contribution in [-0.2, 0) is 0 Å². The van der Waals surface area contributed by atoms with Crippen LogP contribution in [0, 0.1) is 0 Å². The predicted octanol–water partition coefficient (Wildman–Crippen LogP) is 5.36. The molecular weight excluding hydrogens is 443 g/mol. The summed E-state index contributed by atoms with van der Waals surface area (Å²) in [5.74, 6) is 0. The Morgan fingerprint density at radius 3 is 2.33 bits per heavy atom. The van der Waals surface area contributed by atoms with Crippen LogP contribution in [-0.4, -0.2) is 9.97 Å². The van der Waals surface area contributed by atoms with Crippen molar-refractivity contribution in [1.82, 2.24) is 9.97 Å². The number of fused-ring (bicyclic) bond motifs is 1. The number of halogens is 4. The smallest absolute Gasteiger partial charge is 0.306 e. The third-order valence-electron chi connectivity index (χ3n) is 3.14. The highest BCUT2D eigenvalue weighted by molar-refractivity contribution is 9.10. The van der Waals surface area contributed by atoms with E-state index in [0.717, 1.165) is 31.1 Å². The molecule has 0 fully saturated rings. The van der Waals surface area contributed by atoms with Gasteiger partial charge in [-0.05, 0) is 51.3 Å². The fourth-order valence-electron chi connectivity index (χ4n) is 2.12. The van der Waals surface area contributed by atoms with Crippen molar-refractivity contribution >= 4 is 66.1 Å². The number of alkyl halides is 1. The van der Waals surface area contributed by atoms with E-state index in [0.29, 0.717) is 5.02 Å². The molecule has 3 nitrogen and oxygen atoms in total. The number of H-pyrrole nitrogens is 2. The summed E-state index contributed by atoms with van der Waals surface area (Å²) in [6.07, 6.45) is 0. The zero-order valence-corrected chi connectivity index (χ0v) is 15.1. The number of hydrogen-bond donors (Lipinski definition) is 2. The molecule has 0 aliphatic carbocycles. The fourth-order valence-corrected chi connectivity index (χ4v) is 3.65. The Balaban J connectivity index is 2.11. The van der Waals surface area contributed by atoms with Gasteiger partial charge in [0.05, 0.1) is 21.4 Å². The number of hydrogen-bond acceptors (Lipinski definition) is 1. The maximum absolute atomic E-state index is 11.4. The van der Waals surface area contributed by atoms with Gasteiger partial charge in [0.1, 0.15) is 0 Å². The average molecular weight is 451 g/mol. The molecule has 1 unspecified atom stereocenters. The Labute approximate surface area is 146 Å². The van der Waals surface area contributed by atoms with Crippen LogP contribution >= 0.6 is 55.1 Å². The van der Waals surface area contributed by atoms with Gasteiger partial charge in [0, 0.05) is 8.95 Å². The lowest BCUT2D eigenvalue weighted by atomic mass is 10.0. The fraction of sp³-hybridized carbons (Fsp3) is 0.0714. The molecule has 3 rings (SSSR count). The SMILES string of the molecule is O=c1[nH]c2cc(Br)c(C(Cl)c3ccc(Cl)c(Br)c3)cc2[nH]1.